The van der Waals surface area contributed by atoms with E-state index in [1.807, 2.05) is 0 Å². The molecule has 1 aliphatic heterocycles. The molecule has 1 fully saturated rings. The van der Waals surface area contributed by atoms with E-state index in [-0.39, 0.29) is 0 Å². The molecular weight excluding hydrogens is 228 g/mol. The van der Waals surface area contributed by atoms with Crippen molar-refractivity contribution in [1.29, 1.82) is 0 Å². The van der Waals surface area contributed by atoms with Crippen LogP contribution in [0.25, 0.3) is 0 Å². The molecule has 1 saturated heterocycles. The van der Waals surface area contributed by atoms with E-state index in [9.17, 15) is 4.79 Å². The van der Waals surface area contributed by atoms with E-state index in [2.05, 4.69) is 21.8 Å². The van der Waals surface area contributed by atoms with Crippen LogP contribution in [0.1, 0.15) is 9.67 Å². The Hall–Kier alpha value is -1.18. The van der Waals surface area contributed by atoms with Crippen molar-refractivity contribution in [3.8, 4) is 0 Å². The average molecular weight is 242 g/mol. The fourth-order valence-electron chi connectivity index (χ4n) is 1.57. The fourth-order valence-corrected chi connectivity index (χ4v) is 2.43. The van der Waals surface area contributed by atoms with Crippen LogP contribution in [-0.4, -0.2) is 54.2 Å². The Bertz CT molecular complexity index is 373. The van der Waals surface area contributed by atoms with E-state index in [1.54, 1.807) is 5.48 Å². The summed E-state index contributed by atoms with van der Waals surface area (Å²) in [6.07, 6.45) is 1.49. The van der Waals surface area contributed by atoms with E-state index in [4.69, 9.17) is 5.21 Å². The maximum absolute atomic E-state index is 11.1. The molecule has 0 spiro atoms. The Morgan fingerprint density at radius 1 is 1.50 bits per heavy atom. The SMILES string of the molecule is CN1CCN(c2ncc(C(=O)NO)s2)CC1. The van der Waals surface area contributed by atoms with Gasteiger partial charge in [-0.15, -0.1) is 0 Å². The van der Waals surface area contributed by atoms with Crippen LogP contribution >= 0.6 is 11.3 Å². The summed E-state index contributed by atoms with van der Waals surface area (Å²) in [7, 11) is 2.09. The molecule has 0 unspecified atom stereocenters. The van der Waals surface area contributed by atoms with Crippen molar-refractivity contribution in [2.24, 2.45) is 0 Å². The normalized spacial score (nSPS) is 17.5. The van der Waals surface area contributed by atoms with Crippen molar-refractivity contribution in [1.82, 2.24) is 15.4 Å². The van der Waals surface area contributed by atoms with E-state index >= 15 is 0 Å². The highest BCUT2D eigenvalue weighted by molar-refractivity contribution is 7.17. The average Bonchev–Trinajstić information content (AvgIpc) is 2.78. The molecular formula is C9H14N4O2S. The van der Waals surface area contributed by atoms with Crippen LogP contribution in [0.15, 0.2) is 6.20 Å². The van der Waals surface area contributed by atoms with Crippen LogP contribution in [0.4, 0.5) is 5.13 Å². The van der Waals surface area contributed by atoms with Gasteiger partial charge >= 0.3 is 0 Å². The molecule has 16 heavy (non-hydrogen) atoms. The number of hydrogen-bond donors (Lipinski definition) is 2. The number of anilines is 1. The number of nitrogens with zero attached hydrogens (tertiary/aromatic N) is 3. The highest BCUT2D eigenvalue weighted by atomic mass is 32.1. The Morgan fingerprint density at radius 3 is 2.81 bits per heavy atom. The molecule has 0 bridgehead atoms. The Balaban J connectivity index is 2.04. The number of nitrogens with one attached hydrogen (secondary N) is 1. The van der Waals surface area contributed by atoms with Crippen LogP contribution in [-0.2, 0) is 0 Å². The first kappa shape index (κ1) is 11.3. The number of piperazine rings is 1. The van der Waals surface area contributed by atoms with Crippen LogP contribution in [0.5, 0.6) is 0 Å². The van der Waals surface area contributed by atoms with Gasteiger partial charge in [-0.3, -0.25) is 10.0 Å². The van der Waals surface area contributed by atoms with E-state index in [1.165, 1.54) is 17.5 Å². The maximum Gasteiger partial charge on any atom is 0.286 e. The lowest BCUT2D eigenvalue weighted by Crippen LogP contribution is -2.44. The largest absolute Gasteiger partial charge is 0.346 e. The van der Waals surface area contributed by atoms with Gasteiger partial charge in [-0.1, -0.05) is 11.3 Å². The van der Waals surface area contributed by atoms with Crippen molar-refractivity contribution >= 4 is 22.4 Å². The van der Waals surface area contributed by atoms with Crippen LogP contribution in [0.3, 0.4) is 0 Å². The number of aromatic nitrogens is 1. The lowest BCUT2D eigenvalue weighted by Gasteiger charge is -2.32. The predicted octanol–water partition coefficient (Wildman–Crippen LogP) is 0.0139. The minimum Gasteiger partial charge on any atom is -0.346 e. The van der Waals surface area contributed by atoms with Crippen LogP contribution in [0, 0.1) is 0 Å². The lowest BCUT2D eigenvalue weighted by atomic mass is 10.3. The van der Waals surface area contributed by atoms with Crippen LogP contribution < -0.4 is 10.4 Å². The summed E-state index contributed by atoms with van der Waals surface area (Å²) in [5, 5.41) is 9.34. The van der Waals surface area contributed by atoms with Gasteiger partial charge in [0.2, 0.25) is 0 Å². The zero-order chi connectivity index (χ0) is 11.5. The first-order chi connectivity index (χ1) is 7.70. The summed E-state index contributed by atoms with van der Waals surface area (Å²) in [6, 6.07) is 0. The number of hydroxylamine groups is 1. The fraction of sp³-hybridized carbons (Fsp3) is 0.556. The van der Waals surface area contributed by atoms with Gasteiger partial charge < -0.3 is 9.80 Å². The van der Waals surface area contributed by atoms with Gasteiger partial charge in [-0.05, 0) is 7.05 Å². The molecule has 1 amide bonds. The first-order valence-electron chi connectivity index (χ1n) is 5.04. The maximum atomic E-state index is 11.1. The number of carbonyl (C=O) groups is 1. The number of thiazole rings is 1. The van der Waals surface area contributed by atoms with Crippen LogP contribution in [0.2, 0.25) is 0 Å². The third kappa shape index (κ3) is 2.31. The van der Waals surface area contributed by atoms with Crippen molar-refractivity contribution in [3.63, 3.8) is 0 Å². The summed E-state index contributed by atoms with van der Waals surface area (Å²) in [5.41, 5.74) is 1.61. The first-order valence-corrected chi connectivity index (χ1v) is 5.86. The van der Waals surface area contributed by atoms with Crippen molar-refractivity contribution < 1.29 is 10.0 Å². The predicted molar refractivity (Wildman–Crippen MR) is 61.1 cm³/mol. The number of carbonyl (C=O) groups excluding carboxylic acids is 1. The highest BCUT2D eigenvalue weighted by Gasteiger charge is 2.18. The summed E-state index contributed by atoms with van der Waals surface area (Å²) < 4.78 is 0. The Labute approximate surface area is 97.5 Å². The summed E-state index contributed by atoms with van der Waals surface area (Å²) in [4.78, 5) is 20.2. The molecule has 0 saturated carbocycles. The number of hydrogen-bond acceptors (Lipinski definition) is 6. The Morgan fingerprint density at radius 2 is 2.19 bits per heavy atom. The second-order valence-corrected chi connectivity index (χ2v) is 4.75. The molecule has 2 heterocycles. The quantitative estimate of drug-likeness (QED) is 0.565. The molecule has 0 radical (unpaired) electrons. The number of likely N-dealkylation sites (N-methyl/N-ethyl adjacent to an activating group) is 1. The third-order valence-electron chi connectivity index (χ3n) is 2.59. The molecule has 88 valence electrons. The van der Waals surface area contributed by atoms with Gasteiger partial charge in [0.25, 0.3) is 5.91 Å². The van der Waals surface area contributed by atoms with Gasteiger partial charge in [-0.2, -0.15) is 0 Å². The second kappa shape index (κ2) is 4.77. The zero-order valence-electron chi connectivity index (χ0n) is 9.01. The van der Waals surface area contributed by atoms with E-state index in [0.29, 0.717) is 4.88 Å². The van der Waals surface area contributed by atoms with Gasteiger partial charge in [0.15, 0.2) is 5.13 Å². The van der Waals surface area contributed by atoms with Gasteiger partial charge in [0.05, 0.1) is 6.20 Å². The lowest BCUT2D eigenvalue weighted by molar-refractivity contribution is 0.0710. The standard InChI is InChI=1S/C9H14N4O2S/c1-12-2-4-13(5-3-12)9-10-6-7(16-9)8(14)11-15/h6,15H,2-5H2,1H3,(H,11,14). The zero-order valence-corrected chi connectivity index (χ0v) is 9.83. The molecule has 0 atom stereocenters. The summed E-state index contributed by atoms with van der Waals surface area (Å²) in [5.74, 6) is -0.502. The molecule has 0 aromatic carbocycles. The highest BCUT2D eigenvalue weighted by Crippen LogP contribution is 2.23. The summed E-state index contributed by atoms with van der Waals surface area (Å²) in [6.45, 7) is 3.84. The molecule has 1 aromatic rings. The number of amides is 1. The van der Waals surface area contributed by atoms with Crippen molar-refractivity contribution in [3.05, 3.63) is 11.1 Å². The molecule has 6 nitrogen and oxygen atoms in total. The molecule has 2 N–H and O–H groups in total. The topological polar surface area (TPSA) is 68.7 Å². The van der Waals surface area contributed by atoms with Gasteiger partial charge in [0, 0.05) is 26.2 Å². The summed E-state index contributed by atoms with van der Waals surface area (Å²) >= 11 is 1.30. The van der Waals surface area contributed by atoms with Gasteiger partial charge in [0.1, 0.15) is 4.88 Å². The smallest absolute Gasteiger partial charge is 0.286 e. The molecule has 1 aliphatic rings. The monoisotopic (exact) mass is 242 g/mol. The number of rotatable bonds is 2. The van der Waals surface area contributed by atoms with Gasteiger partial charge in [-0.25, -0.2) is 10.5 Å². The third-order valence-corrected chi connectivity index (χ3v) is 3.65. The Kier molecular flexibility index (Phi) is 3.37. The second-order valence-electron chi connectivity index (χ2n) is 3.74. The molecule has 2 rings (SSSR count). The van der Waals surface area contributed by atoms with Crippen molar-refractivity contribution in [2.45, 2.75) is 0 Å². The van der Waals surface area contributed by atoms with E-state index in [0.717, 1.165) is 31.3 Å². The minimum atomic E-state index is -0.502. The van der Waals surface area contributed by atoms with Crippen molar-refractivity contribution in [2.75, 3.05) is 38.1 Å². The van der Waals surface area contributed by atoms with E-state index < -0.39 is 5.91 Å². The molecule has 1 aromatic heterocycles. The molecule has 7 heteroatoms. The minimum absolute atomic E-state index is 0.427. The molecule has 0 aliphatic carbocycles.